The molecule has 1 aromatic carbocycles. The number of alkyl halides is 4. The van der Waals surface area contributed by atoms with E-state index in [1.54, 1.807) is 0 Å². The average molecular weight is 425 g/mol. The molecule has 0 aliphatic heterocycles. The summed E-state index contributed by atoms with van der Waals surface area (Å²) in [6, 6.07) is 3.24. The smallest absolute Gasteiger partial charge is 0.324 e. The summed E-state index contributed by atoms with van der Waals surface area (Å²) in [4.78, 5) is 16.9. The second-order valence-corrected chi connectivity index (χ2v) is 9.72. The molecule has 4 atom stereocenters. The fourth-order valence-corrected chi connectivity index (χ4v) is 6.71. The van der Waals surface area contributed by atoms with E-state index in [1.807, 2.05) is 0 Å². The van der Waals surface area contributed by atoms with Crippen LogP contribution in [0, 0.1) is 17.3 Å². The van der Waals surface area contributed by atoms with Gasteiger partial charge in [-0.3, -0.25) is 4.79 Å². The molecule has 154 valence electrons. The first kappa shape index (κ1) is 18.9. The van der Waals surface area contributed by atoms with Gasteiger partial charge in [-0.2, -0.15) is 18.3 Å². The SMILES string of the molecule is O=C(Nc1cc(C(F)(F)F)ccc1-n1cncn1)C12C[C@@H]3C[C@@H](CC(Cl)(C3)C1)C2. The summed E-state index contributed by atoms with van der Waals surface area (Å²) in [5, 5.41) is 6.80. The Kier molecular flexibility index (Phi) is 4.04. The molecule has 4 aliphatic carbocycles. The van der Waals surface area contributed by atoms with Gasteiger partial charge in [-0.15, -0.1) is 11.6 Å². The van der Waals surface area contributed by atoms with Crippen LogP contribution >= 0.6 is 11.6 Å². The quantitative estimate of drug-likeness (QED) is 0.720. The van der Waals surface area contributed by atoms with Crippen molar-refractivity contribution in [3.63, 3.8) is 0 Å². The number of hydrogen-bond acceptors (Lipinski definition) is 3. The number of halogens is 4. The van der Waals surface area contributed by atoms with Crippen molar-refractivity contribution in [3.8, 4) is 5.69 Å². The molecule has 4 aliphatic rings. The average Bonchev–Trinajstić information content (AvgIpc) is 3.13. The normalized spacial score (nSPS) is 33.1. The van der Waals surface area contributed by atoms with Crippen molar-refractivity contribution < 1.29 is 18.0 Å². The van der Waals surface area contributed by atoms with Crippen molar-refractivity contribution in [2.75, 3.05) is 5.32 Å². The second kappa shape index (κ2) is 6.20. The molecule has 0 spiro atoms. The van der Waals surface area contributed by atoms with Gasteiger partial charge in [0.1, 0.15) is 12.7 Å². The molecule has 29 heavy (non-hydrogen) atoms. The number of nitrogens with zero attached hydrogens (tertiary/aromatic N) is 3. The molecule has 0 saturated heterocycles. The lowest BCUT2D eigenvalue weighted by atomic mass is 9.49. The topological polar surface area (TPSA) is 59.8 Å². The summed E-state index contributed by atoms with van der Waals surface area (Å²) in [5.41, 5.74) is -1.01. The summed E-state index contributed by atoms with van der Waals surface area (Å²) < 4.78 is 41.2. The Bertz CT molecular complexity index is 945. The van der Waals surface area contributed by atoms with Crippen LogP contribution in [0.15, 0.2) is 30.9 Å². The van der Waals surface area contributed by atoms with Gasteiger partial charge in [0.2, 0.25) is 5.91 Å². The van der Waals surface area contributed by atoms with E-state index >= 15 is 0 Å². The molecule has 2 aromatic rings. The number of nitrogens with one attached hydrogen (secondary N) is 1. The lowest BCUT2D eigenvalue weighted by Gasteiger charge is -2.59. The molecular weight excluding hydrogens is 405 g/mol. The largest absolute Gasteiger partial charge is 0.416 e. The summed E-state index contributed by atoms with van der Waals surface area (Å²) >= 11 is 6.81. The second-order valence-electron chi connectivity index (χ2n) is 8.92. The van der Waals surface area contributed by atoms with E-state index in [9.17, 15) is 18.0 Å². The molecule has 4 fully saturated rings. The minimum Gasteiger partial charge on any atom is -0.324 e. The summed E-state index contributed by atoms with van der Waals surface area (Å²) in [6.45, 7) is 0. The molecule has 1 N–H and O–H groups in total. The van der Waals surface area contributed by atoms with Crippen LogP contribution in [0.2, 0.25) is 0 Å². The van der Waals surface area contributed by atoms with Crippen LogP contribution < -0.4 is 5.32 Å². The maximum Gasteiger partial charge on any atom is 0.416 e. The lowest BCUT2D eigenvalue weighted by molar-refractivity contribution is -0.139. The highest BCUT2D eigenvalue weighted by atomic mass is 35.5. The van der Waals surface area contributed by atoms with E-state index in [1.165, 1.54) is 23.4 Å². The van der Waals surface area contributed by atoms with Gasteiger partial charge in [-0.05, 0) is 68.6 Å². The van der Waals surface area contributed by atoms with Gasteiger partial charge in [-0.1, -0.05) is 0 Å². The van der Waals surface area contributed by atoms with E-state index in [2.05, 4.69) is 15.4 Å². The number of anilines is 1. The molecule has 9 heteroatoms. The van der Waals surface area contributed by atoms with Crippen LogP contribution in [-0.4, -0.2) is 25.5 Å². The predicted octanol–water partition coefficient (Wildman–Crippen LogP) is 4.80. The molecule has 1 aromatic heterocycles. The maximum atomic E-state index is 13.4. The number of carbonyl (C=O) groups is 1. The van der Waals surface area contributed by atoms with E-state index in [4.69, 9.17) is 11.6 Å². The zero-order valence-electron chi connectivity index (χ0n) is 15.5. The van der Waals surface area contributed by atoms with Gasteiger partial charge in [-0.25, -0.2) is 9.67 Å². The molecule has 1 amide bonds. The molecule has 6 rings (SSSR count). The standard InChI is InChI=1S/C20H20ClF3N4O/c21-19-7-12-3-13(8-19)6-18(5-12,9-19)17(29)27-15-4-14(20(22,23)24)1-2-16(15)28-11-25-10-26-28/h1-2,4,10-13H,3,5-9H2,(H,27,29)/t12-,13+,18?,19?. The highest BCUT2D eigenvalue weighted by Gasteiger charge is 2.60. The molecule has 4 bridgehead atoms. The van der Waals surface area contributed by atoms with E-state index in [0.29, 0.717) is 23.9 Å². The Labute approximate surface area is 170 Å². The zero-order valence-corrected chi connectivity index (χ0v) is 16.3. The highest BCUT2D eigenvalue weighted by Crippen LogP contribution is 2.64. The third kappa shape index (κ3) is 3.21. The van der Waals surface area contributed by atoms with Gasteiger partial charge in [0, 0.05) is 4.87 Å². The molecule has 0 radical (unpaired) electrons. The van der Waals surface area contributed by atoms with Crippen LogP contribution in [0.1, 0.15) is 44.1 Å². The first-order valence-electron chi connectivity index (χ1n) is 9.73. The van der Waals surface area contributed by atoms with E-state index in [-0.39, 0.29) is 16.5 Å². The van der Waals surface area contributed by atoms with Crippen LogP contribution in [0.5, 0.6) is 0 Å². The van der Waals surface area contributed by atoms with Gasteiger partial charge >= 0.3 is 6.18 Å². The first-order valence-corrected chi connectivity index (χ1v) is 10.1. The molecule has 1 heterocycles. The van der Waals surface area contributed by atoms with Gasteiger partial charge in [0.05, 0.1) is 22.4 Å². The summed E-state index contributed by atoms with van der Waals surface area (Å²) in [6.07, 6.45) is 3.19. The van der Waals surface area contributed by atoms with Crippen molar-refractivity contribution in [3.05, 3.63) is 36.4 Å². The van der Waals surface area contributed by atoms with Crippen LogP contribution in [0.4, 0.5) is 18.9 Å². The number of rotatable bonds is 3. The van der Waals surface area contributed by atoms with Crippen LogP contribution in [-0.2, 0) is 11.0 Å². The fraction of sp³-hybridized carbons (Fsp3) is 0.550. The minimum absolute atomic E-state index is 0.0784. The Morgan fingerprint density at radius 3 is 2.52 bits per heavy atom. The molecular formula is C20H20ClF3N4O. The molecule has 4 saturated carbocycles. The third-order valence-electron chi connectivity index (χ3n) is 6.71. The third-order valence-corrected chi connectivity index (χ3v) is 7.15. The number of aromatic nitrogens is 3. The summed E-state index contributed by atoms with van der Waals surface area (Å²) in [7, 11) is 0. The Balaban J connectivity index is 1.50. The monoisotopic (exact) mass is 424 g/mol. The minimum atomic E-state index is -4.51. The number of benzene rings is 1. The van der Waals surface area contributed by atoms with Crippen molar-refractivity contribution in [2.24, 2.45) is 17.3 Å². The van der Waals surface area contributed by atoms with Gasteiger partial charge in [0.25, 0.3) is 0 Å². The van der Waals surface area contributed by atoms with Crippen LogP contribution in [0.25, 0.3) is 5.69 Å². The lowest BCUT2D eigenvalue weighted by Crippen LogP contribution is -2.57. The van der Waals surface area contributed by atoms with Crippen molar-refractivity contribution in [1.82, 2.24) is 14.8 Å². The van der Waals surface area contributed by atoms with E-state index in [0.717, 1.165) is 44.2 Å². The van der Waals surface area contributed by atoms with Crippen LogP contribution in [0.3, 0.4) is 0 Å². The zero-order chi connectivity index (χ0) is 20.4. The Morgan fingerprint density at radius 2 is 1.93 bits per heavy atom. The fourth-order valence-electron chi connectivity index (χ4n) is 6.02. The van der Waals surface area contributed by atoms with Crippen molar-refractivity contribution >= 4 is 23.2 Å². The van der Waals surface area contributed by atoms with Gasteiger partial charge < -0.3 is 5.32 Å². The summed E-state index contributed by atoms with van der Waals surface area (Å²) in [5.74, 6) is 0.587. The Morgan fingerprint density at radius 1 is 1.21 bits per heavy atom. The van der Waals surface area contributed by atoms with Crippen molar-refractivity contribution in [2.45, 2.75) is 49.6 Å². The highest BCUT2D eigenvalue weighted by molar-refractivity contribution is 6.24. The number of amides is 1. The van der Waals surface area contributed by atoms with Crippen molar-refractivity contribution in [1.29, 1.82) is 0 Å². The first-order chi connectivity index (χ1) is 13.7. The predicted molar refractivity (Wildman–Crippen MR) is 101 cm³/mol. The Hall–Kier alpha value is -2.09. The number of carbonyl (C=O) groups excluding carboxylic acids is 1. The maximum absolute atomic E-state index is 13.4. The number of hydrogen-bond donors (Lipinski definition) is 1. The van der Waals surface area contributed by atoms with Gasteiger partial charge in [0.15, 0.2) is 0 Å². The van der Waals surface area contributed by atoms with E-state index < -0.39 is 17.2 Å². The molecule has 2 unspecified atom stereocenters. The molecule has 5 nitrogen and oxygen atoms in total.